The van der Waals surface area contributed by atoms with Crippen molar-refractivity contribution in [2.24, 2.45) is 0 Å². The van der Waals surface area contributed by atoms with Gasteiger partial charge in [-0.2, -0.15) is 11.3 Å². The largest absolute Gasteiger partial charge is 0.333 e. The number of hydrogen-bond donors (Lipinski definition) is 2. The fraction of sp³-hybridized carbons (Fsp3) is 0.417. The summed E-state index contributed by atoms with van der Waals surface area (Å²) >= 11 is 1.45. The Hall–Kier alpha value is -2.65. The monoisotopic (exact) mass is 485 g/mol. The van der Waals surface area contributed by atoms with E-state index in [4.69, 9.17) is 0 Å². The lowest BCUT2D eigenvalue weighted by molar-refractivity contribution is 0.0762. The van der Waals surface area contributed by atoms with Crippen molar-refractivity contribution in [2.75, 3.05) is 11.9 Å². The van der Waals surface area contributed by atoms with E-state index in [2.05, 4.69) is 16.1 Å². The van der Waals surface area contributed by atoms with Gasteiger partial charge >= 0.3 is 6.03 Å². The molecule has 1 saturated heterocycles. The van der Waals surface area contributed by atoms with Gasteiger partial charge in [0, 0.05) is 23.0 Å². The number of rotatable bonds is 5. The van der Waals surface area contributed by atoms with Crippen molar-refractivity contribution in [2.45, 2.75) is 57.4 Å². The molecule has 1 aliphatic heterocycles. The van der Waals surface area contributed by atoms with Crippen LogP contribution in [0.1, 0.15) is 58.3 Å². The lowest BCUT2D eigenvalue weighted by Crippen LogP contribution is -2.36. The molecule has 0 bridgehead atoms. The first-order valence-corrected chi connectivity index (χ1v) is 13.9. The van der Waals surface area contributed by atoms with Crippen LogP contribution in [0.25, 0.3) is 0 Å². The minimum Gasteiger partial charge on any atom is -0.332 e. The average Bonchev–Trinajstić information content (AvgIpc) is 3.58. The second-order valence-corrected chi connectivity index (χ2v) is 11.2. The summed E-state index contributed by atoms with van der Waals surface area (Å²) in [6.07, 6.45) is 8.92. The Labute approximate surface area is 197 Å². The van der Waals surface area contributed by atoms with E-state index in [1.165, 1.54) is 28.5 Å². The topological polar surface area (TPSA) is 95.6 Å². The van der Waals surface area contributed by atoms with Gasteiger partial charge in [0.2, 0.25) is 0 Å². The van der Waals surface area contributed by atoms with Crippen LogP contribution in [0.4, 0.5) is 10.5 Å². The zero-order valence-electron chi connectivity index (χ0n) is 18.3. The highest BCUT2D eigenvalue weighted by atomic mass is 32.2. The van der Waals surface area contributed by atoms with E-state index in [9.17, 15) is 18.0 Å². The standard InChI is InChI=1S/C24H27N3O4S2/c28-23(18-9-12-32-15-18)27-11-3-6-19(27)10-13-33(30,31)26-24(29)25-22-20-7-1-4-16(20)14-17-5-2-8-21(17)22/h9-10,12-15,19H,1-8,11H2,(H2,25,26,29)/b13-10+/t19-/m1/s1. The Balaban J connectivity index is 1.27. The first-order chi connectivity index (χ1) is 15.9. The van der Waals surface area contributed by atoms with Gasteiger partial charge in [-0.3, -0.25) is 4.79 Å². The van der Waals surface area contributed by atoms with Crippen molar-refractivity contribution >= 4 is 39.0 Å². The van der Waals surface area contributed by atoms with Gasteiger partial charge in [0.05, 0.1) is 11.6 Å². The molecule has 1 fully saturated rings. The normalized spacial score (nSPS) is 19.6. The number of fused-ring (bicyclic) bond motifs is 2. The van der Waals surface area contributed by atoms with Gasteiger partial charge in [0.15, 0.2) is 0 Å². The third kappa shape index (κ3) is 4.56. The number of amides is 3. The van der Waals surface area contributed by atoms with Gasteiger partial charge in [-0.25, -0.2) is 17.9 Å². The van der Waals surface area contributed by atoms with Gasteiger partial charge in [0.25, 0.3) is 15.9 Å². The number of carbonyl (C=O) groups excluding carboxylic acids is 2. The highest BCUT2D eigenvalue weighted by molar-refractivity contribution is 7.92. The van der Waals surface area contributed by atoms with E-state index in [0.29, 0.717) is 18.5 Å². The lowest BCUT2D eigenvalue weighted by atomic mass is 9.99. The number of likely N-dealkylation sites (tertiary alicyclic amines) is 1. The van der Waals surface area contributed by atoms with Crippen molar-refractivity contribution in [3.63, 3.8) is 0 Å². The third-order valence-electron chi connectivity index (χ3n) is 6.75. The molecule has 2 aliphatic carbocycles. The highest BCUT2D eigenvalue weighted by Gasteiger charge is 2.29. The lowest BCUT2D eigenvalue weighted by Gasteiger charge is -2.21. The molecule has 3 amide bonds. The van der Waals surface area contributed by atoms with Gasteiger partial charge in [-0.05, 0) is 91.1 Å². The SMILES string of the molecule is O=C(Nc1c2c(cc3c1CCC3)CCC2)NS(=O)(=O)/C=C/[C@H]1CCCN1C(=O)c1ccsc1. The number of nitrogens with zero attached hydrogens (tertiary/aromatic N) is 1. The van der Waals surface area contributed by atoms with Crippen LogP contribution in [0.5, 0.6) is 0 Å². The van der Waals surface area contributed by atoms with Crippen LogP contribution in [0.15, 0.2) is 34.4 Å². The molecule has 3 aliphatic rings. The summed E-state index contributed by atoms with van der Waals surface area (Å²) < 4.78 is 27.3. The van der Waals surface area contributed by atoms with E-state index >= 15 is 0 Å². The number of urea groups is 1. The molecule has 2 N–H and O–H groups in total. The summed E-state index contributed by atoms with van der Waals surface area (Å²) in [5.41, 5.74) is 6.25. The molecule has 7 nitrogen and oxygen atoms in total. The van der Waals surface area contributed by atoms with E-state index in [1.807, 2.05) is 5.38 Å². The Morgan fingerprint density at radius 3 is 2.45 bits per heavy atom. The zero-order valence-corrected chi connectivity index (χ0v) is 19.9. The number of sulfonamides is 1. The maximum absolute atomic E-state index is 12.7. The minimum absolute atomic E-state index is 0.0988. The van der Waals surface area contributed by atoms with Crippen molar-refractivity contribution in [1.29, 1.82) is 0 Å². The first-order valence-electron chi connectivity index (χ1n) is 11.4. The molecule has 33 heavy (non-hydrogen) atoms. The first kappa shape index (κ1) is 22.2. The maximum Gasteiger partial charge on any atom is 0.333 e. The van der Waals surface area contributed by atoms with Gasteiger partial charge < -0.3 is 10.2 Å². The summed E-state index contributed by atoms with van der Waals surface area (Å²) in [5, 5.41) is 7.49. The molecule has 0 radical (unpaired) electrons. The quantitative estimate of drug-likeness (QED) is 0.669. The van der Waals surface area contributed by atoms with Crippen LogP contribution in [-0.2, 0) is 35.7 Å². The van der Waals surface area contributed by atoms with Crippen LogP contribution >= 0.6 is 11.3 Å². The van der Waals surface area contributed by atoms with Crippen LogP contribution in [0, 0.1) is 0 Å². The molecule has 1 atom stereocenters. The Kier molecular flexibility index (Phi) is 6.01. The molecule has 9 heteroatoms. The summed E-state index contributed by atoms with van der Waals surface area (Å²) in [6.45, 7) is 0.585. The number of anilines is 1. The average molecular weight is 486 g/mol. The van der Waals surface area contributed by atoms with Gasteiger partial charge in [-0.15, -0.1) is 0 Å². The van der Waals surface area contributed by atoms with Crippen molar-refractivity contribution in [3.8, 4) is 0 Å². The molecule has 2 heterocycles. The van der Waals surface area contributed by atoms with Crippen molar-refractivity contribution in [3.05, 3.63) is 62.2 Å². The second-order valence-electron chi connectivity index (χ2n) is 8.88. The molecule has 1 aromatic heterocycles. The highest BCUT2D eigenvalue weighted by Crippen LogP contribution is 2.38. The number of aryl methyl sites for hydroxylation is 2. The second kappa shape index (κ2) is 8.95. The summed E-state index contributed by atoms with van der Waals surface area (Å²) in [4.78, 5) is 27.0. The molecule has 2 aromatic rings. The summed E-state index contributed by atoms with van der Waals surface area (Å²) in [5.74, 6) is -0.0988. The minimum atomic E-state index is -4.00. The van der Waals surface area contributed by atoms with E-state index < -0.39 is 16.1 Å². The van der Waals surface area contributed by atoms with Crippen molar-refractivity contribution in [1.82, 2.24) is 9.62 Å². The van der Waals surface area contributed by atoms with E-state index in [-0.39, 0.29) is 11.9 Å². The predicted octanol–water partition coefficient (Wildman–Crippen LogP) is 4.00. The summed E-state index contributed by atoms with van der Waals surface area (Å²) in [7, 11) is -4.00. The number of carbonyl (C=O) groups is 2. The molecule has 5 rings (SSSR count). The van der Waals surface area contributed by atoms with Crippen LogP contribution in [0.3, 0.4) is 0 Å². The van der Waals surface area contributed by atoms with E-state index in [1.54, 1.807) is 16.3 Å². The summed E-state index contributed by atoms with van der Waals surface area (Å²) in [6, 6.07) is 2.98. The zero-order chi connectivity index (χ0) is 23.0. The fourth-order valence-corrected chi connectivity index (χ4v) is 6.66. The van der Waals surface area contributed by atoms with Crippen LogP contribution in [-0.4, -0.2) is 37.8 Å². The molecule has 0 unspecified atom stereocenters. The predicted molar refractivity (Wildman–Crippen MR) is 129 cm³/mol. The molecular formula is C24H27N3O4S2. The third-order valence-corrected chi connectivity index (χ3v) is 8.42. The Morgan fingerprint density at radius 1 is 1.06 bits per heavy atom. The molecule has 0 spiro atoms. The van der Waals surface area contributed by atoms with Gasteiger partial charge in [0.1, 0.15) is 0 Å². The smallest absolute Gasteiger partial charge is 0.332 e. The number of thiophene rings is 1. The Morgan fingerprint density at radius 2 is 1.79 bits per heavy atom. The molecular weight excluding hydrogens is 458 g/mol. The number of benzene rings is 1. The van der Waals surface area contributed by atoms with E-state index in [0.717, 1.165) is 67.2 Å². The number of hydrogen-bond acceptors (Lipinski definition) is 5. The molecule has 174 valence electrons. The molecule has 0 saturated carbocycles. The van der Waals surface area contributed by atoms with Crippen LogP contribution < -0.4 is 10.0 Å². The van der Waals surface area contributed by atoms with Crippen LogP contribution in [0.2, 0.25) is 0 Å². The van der Waals surface area contributed by atoms with Gasteiger partial charge in [-0.1, -0.05) is 6.07 Å². The van der Waals surface area contributed by atoms with Crippen molar-refractivity contribution < 1.29 is 18.0 Å². The Bertz CT molecular complexity index is 1190. The molecule has 1 aromatic carbocycles. The number of nitrogens with one attached hydrogen (secondary N) is 2. The maximum atomic E-state index is 12.7. The fourth-order valence-electron chi connectivity index (χ4n) is 5.26.